The highest BCUT2D eigenvalue weighted by Crippen LogP contribution is 1.90. The van der Waals surface area contributed by atoms with Crippen molar-refractivity contribution in [1.82, 2.24) is 10.6 Å². The lowest BCUT2D eigenvalue weighted by Gasteiger charge is -2.12. The number of hydrogen-bond acceptors (Lipinski definition) is 4. The number of nitrogens with one attached hydrogen (secondary N) is 2. The van der Waals surface area contributed by atoms with E-state index < -0.39 is 0 Å². The molecule has 0 bridgehead atoms. The van der Waals surface area contributed by atoms with E-state index in [2.05, 4.69) is 22.5 Å². The van der Waals surface area contributed by atoms with Gasteiger partial charge in [0.05, 0.1) is 13.2 Å². The van der Waals surface area contributed by atoms with Gasteiger partial charge in [0.1, 0.15) is 0 Å². The Labute approximate surface area is 159 Å². The Morgan fingerprint density at radius 2 is 1.43 bits per heavy atom. The van der Waals surface area contributed by atoms with Crippen LogP contribution in [-0.4, -0.2) is 66.2 Å². The van der Waals surface area contributed by atoms with Gasteiger partial charge < -0.3 is 24.8 Å². The number of methoxy groups -OCH3 is 1. The van der Waals surface area contributed by atoms with Crippen LogP contribution >= 0.6 is 24.0 Å². The van der Waals surface area contributed by atoms with Gasteiger partial charge in [-0.2, -0.15) is 0 Å². The normalized spacial score (nSPS) is 11.2. The summed E-state index contributed by atoms with van der Waals surface area (Å²) in [5.41, 5.74) is 0. The molecule has 0 aromatic heterocycles. The first-order valence-electron chi connectivity index (χ1n) is 8.44. The van der Waals surface area contributed by atoms with Gasteiger partial charge in [-0.3, -0.25) is 4.99 Å². The summed E-state index contributed by atoms with van der Waals surface area (Å²) < 4.78 is 15.9. The maximum absolute atomic E-state index is 5.52. The first-order valence-corrected chi connectivity index (χ1v) is 8.44. The van der Waals surface area contributed by atoms with Gasteiger partial charge in [0.25, 0.3) is 0 Å². The predicted octanol–water partition coefficient (Wildman–Crippen LogP) is 2.42. The smallest absolute Gasteiger partial charge is 0.190 e. The summed E-state index contributed by atoms with van der Waals surface area (Å²) in [5.74, 6) is 0.855. The second kappa shape index (κ2) is 21.9. The molecule has 0 aromatic rings. The Balaban J connectivity index is 0. The van der Waals surface area contributed by atoms with Crippen LogP contribution in [0.5, 0.6) is 0 Å². The lowest BCUT2D eigenvalue weighted by molar-refractivity contribution is 0.0689. The summed E-state index contributed by atoms with van der Waals surface area (Å²) in [6.07, 6.45) is 5.43. The van der Waals surface area contributed by atoms with Gasteiger partial charge >= 0.3 is 0 Å². The minimum Gasteiger partial charge on any atom is -0.382 e. The van der Waals surface area contributed by atoms with Crippen molar-refractivity contribution in [2.45, 2.75) is 39.0 Å². The molecule has 0 saturated heterocycles. The molecule has 0 heterocycles. The fourth-order valence-corrected chi connectivity index (χ4v) is 1.73. The average molecular weight is 445 g/mol. The molecule has 0 radical (unpaired) electrons. The van der Waals surface area contributed by atoms with Crippen LogP contribution in [0.4, 0.5) is 0 Å². The monoisotopic (exact) mass is 445 g/mol. The molecule has 0 aromatic carbocycles. The van der Waals surface area contributed by atoms with Crippen LogP contribution in [-0.2, 0) is 14.2 Å². The molecule has 0 atom stereocenters. The Morgan fingerprint density at radius 3 is 2.09 bits per heavy atom. The standard InChI is InChI=1S/C16H35N3O3.HI/c1-4-5-11-21-13-8-10-19-16(17-2)18-9-6-7-12-22-15-14-20-3;/h4-15H2,1-3H3,(H2,17,18,19);1H. The number of hydrogen-bond donors (Lipinski definition) is 2. The summed E-state index contributed by atoms with van der Waals surface area (Å²) in [6, 6.07) is 0. The Bertz CT molecular complexity index is 257. The number of halogens is 1. The van der Waals surface area contributed by atoms with Crippen LogP contribution in [0.25, 0.3) is 0 Å². The van der Waals surface area contributed by atoms with Crippen molar-refractivity contribution in [2.75, 3.05) is 60.3 Å². The van der Waals surface area contributed by atoms with Gasteiger partial charge in [-0.05, 0) is 25.7 Å². The zero-order valence-corrected chi connectivity index (χ0v) is 17.4. The van der Waals surface area contributed by atoms with Crippen LogP contribution in [0.1, 0.15) is 39.0 Å². The maximum Gasteiger partial charge on any atom is 0.190 e. The maximum atomic E-state index is 5.52. The summed E-state index contributed by atoms with van der Waals surface area (Å²) in [5, 5.41) is 6.59. The molecule has 0 aliphatic carbocycles. The van der Waals surface area contributed by atoms with E-state index in [1.54, 1.807) is 14.2 Å². The second-order valence-corrected chi connectivity index (χ2v) is 5.06. The van der Waals surface area contributed by atoms with Crippen molar-refractivity contribution >= 4 is 29.9 Å². The highest BCUT2D eigenvalue weighted by molar-refractivity contribution is 14.0. The van der Waals surface area contributed by atoms with Crippen LogP contribution < -0.4 is 10.6 Å². The highest BCUT2D eigenvalue weighted by Gasteiger charge is 1.97. The fourth-order valence-electron chi connectivity index (χ4n) is 1.73. The van der Waals surface area contributed by atoms with Crippen LogP contribution in [0.2, 0.25) is 0 Å². The molecule has 0 saturated carbocycles. The van der Waals surface area contributed by atoms with Crippen LogP contribution in [0.3, 0.4) is 0 Å². The second-order valence-electron chi connectivity index (χ2n) is 5.06. The third-order valence-electron chi connectivity index (χ3n) is 3.06. The molecule has 7 heteroatoms. The van der Waals surface area contributed by atoms with E-state index in [0.29, 0.717) is 13.2 Å². The van der Waals surface area contributed by atoms with Crippen molar-refractivity contribution in [3.8, 4) is 0 Å². The van der Waals surface area contributed by atoms with Crippen LogP contribution in [0, 0.1) is 0 Å². The number of ether oxygens (including phenoxy) is 3. The van der Waals surface area contributed by atoms with Crippen molar-refractivity contribution in [3.05, 3.63) is 0 Å². The Morgan fingerprint density at radius 1 is 0.826 bits per heavy atom. The topological polar surface area (TPSA) is 64.1 Å². The summed E-state index contributed by atoms with van der Waals surface area (Å²) >= 11 is 0. The third kappa shape index (κ3) is 19.8. The molecule has 6 nitrogen and oxygen atoms in total. The van der Waals surface area contributed by atoms with E-state index in [-0.39, 0.29) is 24.0 Å². The lowest BCUT2D eigenvalue weighted by Crippen LogP contribution is -2.38. The first-order chi connectivity index (χ1) is 10.8. The number of rotatable bonds is 15. The van der Waals surface area contributed by atoms with Crippen LogP contribution in [0.15, 0.2) is 4.99 Å². The average Bonchev–Trinajstić information content (AvgIpc) is 2.54. The van der Waals surface area contributed by atoms with Gasteiger partial charge in [0.2, 0.25) is 0 Å². The SMILES string of the molecule is CCCCOCCCNC(=NC)NCCCCOCCOC.I. The van der Waals surface area contributed by atoms with E-state index in [0.717, 1.165) is 64.6 Å². The van der Waals surface area contributed by atoms with Crippen molar-refractivity contribution in [1.29, 1.82) is 0 Å². The van der Waals surface area contributed by atoms with E-state index in [4.69, 9.17) is 14.2 Å². The van der Waals surface area contributed by atoms with E-state index in [9.17, 15) is 0 Å². The molecule has 0 spiro atoms. The zero-order chi connectivity index (χ0) is 16.3. The summed E-state index contributed by atoms with van der Waals surface area (Å²) in [7, 11) is 3.48. The predicted molar refractivity (Wildman–Crippen MR) is 107 cm³/mol. The molecule has 140 valence electrons. The number of aliphatic imine (C=N–C) groups is 1. The van der Waals surface area contributed by atoms with E-state index >= 15 is 0 Å². The number of guanidine groups is 1. The quantitative estimate of drug-likeness (QED) is 0.176. The Hall–Kier alpha value is -0.120. The molecular formula is C16H36IN3O3. The highest BCUT2D eigenvalue weighted by atomic mass is 127. The van der Waals surface area contributed by atoms with Crippen molar-refractivity contribution in [3.63, 3.8) is 0 Å². The lowest BCUT2D eigenvalue weighted by atomic mass is 10.3. The summed E-state index contributed by atoms with van der Waals surface area (Å²) in [6.45, 7) is 7.76. The molecule has 0 aliphatic rings. The van der Waals surface area contributed by atoms with Gasteiger partial charge in [-0.15, -0.1) is 24.0 Å². The molecule has 0 aliphatic heterocycles. The molecule has 0 fully saturated rings. The summed E-state index contributed by atoms with van der Waals surface area (Å²) in [4.78, 5) is 4.20. The van der Waals surface area contributed by atoms with E-state index in [1.807, 2.05) is 0 Å². The van der Waals surface area contributed by atoms with Gasteiger partial charge in [0, 0.05) is 47.1 Å². The molecule has 0 amide bonds. The molecule has 2 N–H and O–H groups in total. The van der Waals surface area contributed by atoms with Crippen molar-refractivity contribution < 1.29 is 14.2 Å². The van der Waals surface area contributed by atoms with Crippen molar-refractivity contribution in [2.24, 2.45) is 4.99 Å². The minimum absolute atomic E-state index is 0. The largest absolute Gasteiger partial charge is 0.382 e. The molecule has 23 heavy (non-hydrogen) atoms. The number of nitrogens with zero attached hydrogens (tertiary/aromatic N) is 1. The van der Waals surface area contributed by atoms with Gasteiger partial charge in [-0.25, -0.2) is 0 Å². The van der Waals surface area contributed by atoms with E-state index in [1.165, 1.54) is 6.42 Å². The minimum atomic E-state index is 0. The first kappa shape index (κ1) is 25.1. The van der Waals surface area contributed by atoms with Gasteiger partial charge in [0.15, 0.2) is 5.96 Å². The molecule has 0 unspecified atom stereocenters. The number of unbranched alkanes of at least 4 members (excludes halogenated alkanes) is 2. The Kier molecular flexibility index (Phi) is 23.9. The molecule has 0 rings (SSSR count). The zero-order valence-electron chi connectivity index (χ0n) is 15.1. The van der Waals surface area contributed by atoms with Gasteiger partial charge in [-0.1, -0.05) is 13.3 Å². The molecular weight excluding hydrogens is 409 g/mol. The third-order valence-corrected chi connectivity index (χ3v) is 3.06. The fraction of sp³-hybridized carbons (Fsp3) is 0.938.